The average molecular weight is 190 g/mol. The lowest BCUT2D eigenvalue weighted by molar-refractivity contribution is 0.111. The number of carbonyl (C=O) groups excluding carboxylic acids is 1. The number of para-hydroxylation sites is 1. The largest absolute Gasteiger partial charge is 0.492 e. The summed E-state index contributed by atoms with van der Waals surface area (Å²) in [6, 6.07) is 5.76. The van der Waals surface area contributed by atoms with Gasteiger partial charge in [-0.05, 0) is 17.9 Å². The molecule has 1 aromatic rings. The Morgan fingerprint density at radius 1 is 1.43 bits per heavy atom. The van der Waals surface area contributed by atoms with Gasteiger partial charge in [-0.2, -0.15) is 0 Å². The molecule has 0 bridgehead atoms. The molecule has 0 amide bonds. The number of rotatable bonds is 1. The molecule has 0 fully saturated rings. The van der Waals surface area contributed by atoms with Crippen molar-refractivity contribution >= 4 is 6.29 Å². The topological polar surface area (TPSA) is 26.3 Å². The zero-order valence-corrected chi connectivity index (χ0v) is 8.54. The molecule has 74 valence electrons. The highest BCUT2D eigenvalue weighted by Gasteiger charge is 2.29. The van der Waals surface area contributed by atoms with Crippen LogP contribution in [0.3, 0.4) is 0 Å². The number of hydrogen-bond acceptors (Lipinski definition) is 2. The van der Waals surface area contributed by atoms with Gasteiger partial charge in [0.2, 0.25) is 0 Å². The van der Waals surface area contributed by atoms with Gasteiger partial charge in [-0.3, -0.25) is 4.79 Å². The van der Waals surface area contributed by atoms with Crippen molar-refractivity contribution in [3.05, 3.63) is 29.3 Å². The summed E-state index contributed by atoms with van der Waals surface area (Å²) < 4.78 is 5.55. The van der Waals surface area contributed by atoms with Crippen molar-refractivity contribution in [2.24, 2.45) is 0 Å². The summed E-state index contributed by atoms with van der Waals surface area (Å²) >= 11 is 0. The monoisotopic (exact) mass is 190 g/mol. The summed E-state index contributed by atoms with van der Waals surface area (Å²) in [5.74, 6) is 0.777. The minimum Gasteiger partial charge on any atom is -0.492 e. The first-order valence-corrected chi connectivity index (χ1v) is 4.86. The van der Waals surface area contributed by atoms with Gasteiger partial charge in [-0.15, -0.1) is 0 Å². The second-order valence-electron chi connectivity index (χ2n) is 4.32. The van der Waals surface area contributed by atoms with Crippen LogP contribution in [-0.4, -0.2) is 12.9 Å². The third kappa shape index (κ3) is 1.31. The zero-order chi connectivity index (χ0) is 10.2. The summed E-state index contributed by atoms with van der Waals surface area (Å²) in [6.45, 7) is 5.07. The molecule has 14 heavy (non-hydrogen) atoms. The van der Waals surface area contributed by atoms with Crippen LogP contribution in [0.25, 0.3) is 0 Å². The van der Waals surface area contributed by atoms with E-state index in [0.29, 0.717) is 12.2 Å². The van der Waals surface area contributed by atoms with Crippen LogP contribution in [0.4, 0.5) is 0 Å². The predicted molar refractivity (Wildman–Crippen MR) is 55.0 cm³/mol. The highest BCUT2D eigenvalue weighted by Crippen LogP contribution is 2.39. The Hall–Kier alpha value is -1.31. The number of hydrogen-bond donors (Lipinski definition) is 0. The van der Waals surface area contributed by atoms with Gasteiger partial charge in [0.1, 0.15) is 5.75 Å². The fourth-order valence-corrected chi connectivity index (χ4v) is 1.88. The first kappa shape index (κ1) is 9.25. The molecule has 1 aromatic carbocycles. The Morgan fingerprint density at radius 3 is 2.93 bits per heavy atom. The molecule has 2 heteroatoms. The third-order valence-electron chi connectivity index (χ3n) is 2.88. The molecule has 0 atom stereocenters. The second-order valence-corrected chi connectivity index (χ2v) is 4.32. The number of aldehydes is 1. The first-order chi connectivity index (χ1) is 6.65. The summed E-state index contributed by atoms with van der Waals surface area (Å²) in [4.78, 5) is 10.8. The minimum absolute atomic E-state index is 0.118. The molecular weight excluding hydrogens is 176 g/mol. The molecule has 0 unspecified atom stereocenters. The maximum Gasteiger partial charge on any atom is 0.153 e. The van der Waals surface area contributed by atoms with Crippen LogP contribution in [0.5, 0.6) is 5.75 Å². The van der Waals surface area contributed by atoms with E-state index in [0.717, 1.165) is 24.0 Å². The van der Waals surface area contributed by atoms with E-state index in [2.05, 4.69) is 13.8 Å². The van der Waals surface area contributed by atoms with Crippen LogP contribution < -0.4 is 4.74 Å². The van der Waals surface area contributed by atoms with Gasteiger partial charge in [0.15, 0.2) is 6.29 Å². The van der Waals surface area contributed by atoms with Gasteiger partial charge < -0.3 is 4.74 Å². The van der Waals surface area contributed by atoms with Crippen LogP contribution in [0, 0.1) is 0 Å². The number of ether oxygens (including phenoxy) is 1. The van der Waals surface area contributed by atoms with E-state index in [4.69, 9.17) is 4.74 Å². The standard InChI is InChI=1S/C12H14O2/c1-12(2)6-7-14-11-9(8-13)4-3-5-10(11)12/h3-5,8H,6-7H2,1-2H3. The summed E-state index contributed by atoms with van der Waals surface area (Å²) in [5.41, 5.74) is 1.93. The van der Waals surface area contributed by atoms with Gasteiger partial charge >= 0.3 is 0 Å². The van der Waals surface area contributed by atoms with Gasteiger partial charge in [0, 0.05) is 5.56 Å². The van der Waals surface area contributed by atoms with Crippen LogP contribution in [0.1, 0.15) is 36.2 Å². The van der Waals surface area contributed by atoms with E-state index in [-0.39, 0.29) is 5.41 Å². The van der Waals surface area contributed by atoms with Crippen molar-refractivity contribution in [2.75, 3.05) is 6.61 Å². The van der Waals surface area contributed by atoms with Gasteiger partial charge in [0.05, 0.1) is 12.2 Å². The lowest BCUT2D eigenvalue weighted by Crippen LogP contribution is -2.27. The van der Waals surface area contributed by atoms with Gasteiger partial charge in [0.25, 0.3) is 0 Å². The Bertz CT molecular complexity index is 367. The summed E-state index contributed by atoms with van der Waals surface area (Å²) in [6.07, 6.45) is 1.86. The van der Waals surface area contributed by atoms with Crippen molar-refractivity contribution in [1.82, 2.24) is 0 Å². The van der Waals surface area contributed by atoms with Crippen LogP contribution in [0.2, 0.25) is 0 Å². The first-order valence-electron chi connectivity index (χ1n) is 4.86. The lowest BCUT2D eigenvalue weighted by Gasteiger charge is -2.32. The molecule has 2 nitrogen and oxygen atoms in total. The molecule has 0 saturated heterocycles. The second kappa shape index (κ2) is 3.12. The van der Waals surface area contributed by atoms with Crippen molar-refractivity contribution in [3.63, 3.8) is 0 Å². The molecule has 0 aliphatic carbocycles. The molecule has 1 heterocycles. The Morgan fingerprint density at radius 2 is 2.21 bits per heavy atom. The minimum atomic E-state index is 0.118. The number of benzene rings is 1. The predicted octanol–water partition coefficient (Wildman–Crippen LogP) is 2.56. The molecule has 0 aromatic heterocycles. The van der Waals surface area contributed by atoms with Gasteiger partial charge in [-0.25, -0.2) is 0 Å². The van der Waals surface area contributed by atoms with Gasteiger partial charge in [-0.1, -0.05) is 26.0 Å². The summed E-state index contributed by atoms with van der Waals surface area (Å²) in [7, 11) is 0. The molecular formula is C12H14O2. The smallest absolute Gasteiger partial charge is 0.153 e. The maximum atomic E-state index is 10.8. The van der Waals surface area contributed by atoms with E-state index >= 15 is 0 Å². The van der Waals surface area contributed by atoms with Crippen molar-refractivity contribution in [2.45, 2.75) is 25.7 Å². The zero-order valence-electron chi connectivity index (χ0n) is 8.54. The normalized spacial score (nSPS) is 18.1. The number of carbonyl (C=O) groups is 1. The third-order valence-corrected chi connectivity index (χ3v) is 2.88. The Balaban J connectivity index is 2.60. The average Bonchev–Trinajstić information content (AvgIpc) is 2.17. The van der Waals surface area contributed by atoms with E-state index in [1.165, 1.54) is 0 Å². The fourth-order valence-electron chi connectivity index (χ4n) is 1.88. The Labute approximate surface area is 83.9 Å². The fraction of sp³-hybridized carbons (Fsp3) is 0.417. The van der Waals surface area contributed by atoms with E-state index < -0.39 is 0 Å². The molecule has 2 rings (SSSR count). The van der Waals surface area contributed by atoms with Crippen LogP contribution >= 0.6 is 0 Å². The van der Waals surface area contributed by atoms with Crippen molar-refractivity contribution in [1.29, 1.82) is 0 Å². The molecule has 0 saturated carbocycles. The van der Waals surface area contributed by atoms with Crippen LogP contribution in [0.15, 0.2) is 18.2 Å². The highest BCUT2D eigenvalue weighted by molar-refractivity contribution is 5.80. The lowest BCUT2D eigenvalue weighted by atomic mass is 9.79. The Kier molecular flexibility index (Phi) is 2.06. The van der Waals surface area contributed by atoms with Crippen molar-refractivity contribution in [3.8, 4) is 5.75 Å². The van der Waals surface area contributed by atoms with Crippen LogP contribution in [-0.2, 0) is 5.41 Å². The molecule has 1 aliphatic rings. The van der Waals surface area contributed by atoms with Crippen molar-refractivity contribution < 1.29 is 9.53 Å². The van der Waals surface area contributed by atoms with E-state index in [1.807, 2.05) is 12.1 Å². The quantitative estimate of drug-likeness (QED) is 0.636. The molecule has 1 aliphatic heterocycles. The molecule has 0 N–H and O–H groups in total. The number of fused-ring (bicyclic) bond motifs is 1. The summed E-state index contributed by atoms with van der Waals surface area (Å²) in [5, 5.41) is 0. The maximum absolute atomic E-state index is 10.8. The van der Waals surface area contributed by atoms with E-state index in [9.17, 15) is 4.79 Å². The van der Waals surface area contributed by atoms with E-state index in [1.54, 1.807) is 6.07 Å². The molecule has 0 radical (unpaired) electrons. The SMILES string of the molecule is CC1(C)CCOc2c(C=O)cccc21. The highest BCUT2D eigenvalue weighted by atomic mass is 16.5. The molecule has 0 spiro atoms.